The second-order valence-electron chi connectivity index (χ2n) is 11.0. The Hall–Kier alpha value is -4.69. The molecule has 212 valence electrons. The number of carbonyl (C=O) groups is 2. The summed E-state index contributed by atoms with van der Waals surface area (Å²) in [6.45, 7) is 3.81. The number of esters is 1. The zero-order chi connectivity index (χ0) is 29.8. The molecule has 1 aliphatic carbocycles. The van der Waals surface area contributed by atoms with E-state index in [0.717, 1.165) is 5.56 Å². The van der Waals surface area contributed by atoms with Crippen LogP contribution in [-0.4, -0.2) is 33.2 Å². The zero-order valence-electron chi connectivity index (χ0n) is 23.2. The molecule has 42 heavy (non-hydrogen) atoms. The topological polar surface area (TPSA) is 86.1 Å². The first-order valence-corrected chi connectivity index (χ1v) is 13.8. The molecule has 1 aliphatic rings. The minimum atomic E-state index is -0.796. The van der Waals surface area contributed by atoms with Crippen molar-refractivity contribution in [3.63, 3.8) is 0 Å². The van der Waals surface area contributed by atoms with E-state index < -0.39 is 28.7 Å². The van der Waals surface area contributed by atoms with Crippen LogP contribution in [0.2, 0.25) is 5.02 Å². The Morgan fingerprint density at radius 3 is 2.29 bits per heavy atom. The number of ketones is 1. The van der Waals surface area contributed by atoms with Gasteiger partial charge in [-0.15, -0.1) is 0 Å². The molecule has 0 saturated heterocycles. The summed E-state index contributed by atoms with van der Waals surface area (Å²) in [4.78, 5) is 41.2. The maximum atomic E-state index is 14.3. The Balaban J connectivity index is 1.71. The highest BCUT2D eigenvalue weighted by atomic mass is 35.5. The van der Waals surface area contributed by atoms with Crippen molar-refractivity contribution in [2.75, 3.05) is 7.11 Å². The maximum Gasteiger partial charge on any atom is 0.356 e. The number of hydrogen-bond acceptors (Lipinski definition) is 4. The van der Waals surface area contributed by atoms with Crippen molar-refractivity contribution >= 4 is 23.4 Å². The third-order valence-corrected chi connectivity index (χ3v) is 8.11. The van der Waals surface area contributed by atoms with Gasteiger partial charge in [0.25, 0.3) is 5.56 Å². The Bertz CT molecular complexity index is 1880. The highest BCUT2D eigenvalue weighted by molar-refractivity contribution is 6.30. The van der Waals surface area contributed by atoms with Crippen LogP contribution in [0.3, 0.4) is 0 Å². The lowest BCUT2D eigenvalue weighted by atomic mass is 9.65. The smallest absolute Gasteiger partial charge is 0.356 e. The second kappa shape index (κ2) is 10.3. The van der Waals surface area contributed by atoms with E-state index in [1.807, 2.05) is 36.6 Å². The van der Waals surface area contributed by atoms with Crippen molar-refractivity contribution < 1.29 is 18.7 Å². The normalized spacial score (nSPS) is 15.8. The molecule has 2 aromatic heterocycles. The van der Waals surface area contributed by atoms with Gasteiger partial charge in [0.1, 0.15) is 11.5 Å². The molecule has 1 atom stereocenters. The first-order valence-electron chi connectivity index (χ1n) is 13.4. The van der Waals surface area contributed by atoms with E-state index in [0.29, 0.717) is 33.3 Å². The fourth-order valence-electron chi connectivity index (χ4n) is 5.98. The van der Waals surface area contributed by atoms with E-state index >= 15 is 0 Å². The molecule has 0 fully saturated rings. The highest BCUT2D eigenvalue weighted by Gasteiger charge is 2.47. The number of Topliss-reactive ketones (excluding diaryl/α,β-unsaturated/α-hetero) is 1. The Morgan fingerprint density at radius 1 is 0.976 bits per heavy atom. The number of benzene rings is 3. The Labute approximate surface area is 246 Å². The number of para-hydroxylation sites is 1. The number of halogens is 2. The van der Waals surface area contributed by atoms with Crippen molar-refractivity contribution in [3.05, 3.63) is 129 Å². The highest BCUT2D eigenvalue weighted by Crippen LogP contribution is 2.51. The van der Waals surface area contributed by atoms with Crippen LogP contribution in [0.5, 0.6) is 0 Å². The summed E-state index contributed by atoms with van der Waals surface area (Å²) in [6.07, 6.45) is 0.134. The molecule has 1 unspecified atom stereocenters. The number of rotatable bonds is 5. The Morgan fingerprint density at radius 2 is 1.64 bits per heavy atom. The standard InChI is InChI=1S/C33H27ClFN3O4/c1-33(2)18-26(39)24-17-25(19-9-11-20(34)12-10-19)37(22-15-13-21(35)14-16-22)30(24)28(33)27-29(32(41)42-3)36-38(31(27)40)23-7-5-4-6-8-23/h4-17,28,36H,18H2,1-3H3. The first-order chi connectivity index (χ1) is 20.1. The number of aromatic nitrogens is 3. The Kier molecular flexibility index (Phi) is 6.74. The summed E-state index contributed by atoms with van der Waals surface area (Å²) < 4.78 is 22.4. The summed E-state index contributed by atoms with van der Waals surface area (Å²) >= 11 is 6.18. The van der Waals surface area contributed by atoms with Gasteiger partial charge in [0.2, 0.25) is 0 Å². The van der Waals surface area contributed by atoms with Crippen LogP contribution < -0.4 is 5.56 Å². The molecule has 5 aromatic rings. The number of carbonyl (C=O) groups excluding carboxylic acids is 2. The minimum Gasteiger partial charge on any atom is -0.464 e. The summed E-state index contributed by atoms with van der Waals surface area (Å²) in [6, 6.07) is 23.8. The average Bonchev–Trinajstić information content (AvgIpc) is 3.53. The monoisotopic (exact) mass is 583 g/mol. The number of ether oxygens (including phenoxy) is 1. The summed E-state index contributed by atoms with van der Waals surface area (Å²) in [5.41, 5.74) is 2.50. The predicted molar refractivity (Wildman–Crippen MR) is 158 cm³/mol. The van der Waals surface area contributed by atoms with Crippen LogP contribution >= 0.6 is 11.6 Å². The first kappa shape index (κ1) is 27.5. The van der Waals surface area contributed by atoms with Gasteiger partial charge in [-0.2, -0.15) is 0 Å². The molecule has 2 heterocycles. The van der Waals surface area contributed by atoms with Crippen molar-refractivity contribution in [1.82, 2.24) is 14.3 Å². The molecule has 0 spiro atoms. The van der Waals surface area contributed by atoms with E-state index in [2.05, 4.69) is 5.10 Å². The summed E-state index contributed by atoms with van der Waals surface area (Å²) in [7, 11) is 1.26. The van der Waals surface area contributed by atoms with Crippen LogP contribution in [0.25, 0.3) is 22.6 Å². The van der Waals surface area contributed by atoms with Gasteiger partial charge in [-0.05, 0) is 65.6 Å². The largest absolute Gasteiger partial charge is 0.464 e. The van der Waals surface area contributed by atoms with Crippen LogP contribution in [0.15, 0.2) is 89.7 Å². The number of nitrogens with one attached hydrogen (secondary N) is 1. The molecule has 3 aromatic carbocycles. The van der Waals surface area contributed by atoms with Gasteiger partial charge in [-0.1, -0.05) is 55.8 Å². The van der Waals surface area contributed by atoms with E-state index in [1.54, 1.807) is 54.6 Å². The lowest BCUT2D eigenvalue weighted by molar-refractivity contribution is 0.0591. The quantitative estimate of drug-likeness (QED) is 0.227. The fraction of sp³-hybridized carbons (Fsp3) is 0.182. The van der Waals surface area contributed by atoms with Crippen molar-refractivity contribution in [2.45, 2.75) is 26.2 Å². The number of nitrogens with zero attached hydrogens (tertiary/aromatic N) is 2. The van der Waals surface area contributed by atoms with Crippen molar-refractivity contribution in [3.8, 4) is 22.6 Å². The molecule has 9 heteroatoms. The van der Waals surface area contributed by atoms with E-state index in [1.165, 1.54) is 23.9 Å². The van der Waals surface area contributed by atoms with Gasteiger partial charge in [0, 0.05) is 34.3 Å². The summed E-state index contributed by atoms with van der Waals surface area (Å²) in [5.74, 6) is -1.94. The van der Waals surface area contributed by atoms with E-state index in [-0.39, 0.29) is 23.5 Å². The fourth-order valence-corrected chi connectivity index (χ4v) is 6.10. The van der Waals surface area contributed by atoms with Gasteiger partial charge in [0.15, 0.2) is 5.78 Å². The van der Waals surface area contributed by atoms with Crippen molar-refractivity contribution in [2.24, 2.45) is 5.41 Å². The predicted octanol–water partition coefficient (Wildman–Crippen LogP) is 6.95. The van der Waals surface area contributed by atoms with Crippen molar-refractivity contribution in [1.29, 1.82) is 0 Å². The van der Waals surface area contributed by atoms with Gasteiger partial charge in [-0.3, -0.25) is 14.7 Å². The number of fused-ring (bicyclic) bond motifs is 1. The van der Waals surface area contributed by atoms with Crippen LogP contribution in [0.4, 0.5) is 4.39 Å². The zero-order valence-corrected chi connectivity index (χ0v) is 23.9. The number of methoxy groups -OCH3 is 1. The molecule has 0 saturated carbocycles. The van der Waals surface area contributed by atoms with Gasteiger partial charge in [0.05, 0.1) is 24.1 Å². The molecular formula is C33H27ClFN3O4. The molecule has 6 rings (SSSR count). The molecule has 0 radical (unpaired) electrons. The molecule has 0 bridgehead atoms. The second-order valence-corrected chi connectivity index (χ2v) is 11.5. The molecule has 7 nitrogen and oxygen atoms in total. The number of H-pyrrole nitrogens is 1. The van der Waals surface area contributed by atoms with Crippen LogP contribution in [0, 0.1) is 11.2 Å². The van der Waals surface area contributed by atoms with E-state index in [4.69, 9.17) is 16.3 Å². The van der Waals surface area contributed by atoms with E-state index in [9.17, 15) is 18.8 Å². The maximum absolute atomic E-state index is 14.3. The number of aromatic amines is 1. The van der Waals surface area contributed by atoms with Crippen LogP contribution in [-0.2, 0) is 4.74 Å². The SMILES string of the molecule is COC(=O)c1[nH]n(-c2ccccc2)c(=O)c1C1c2c(cc(-c3ccc(Cl)cc3)n2-c2ccc(F)cc2)C(=O)CC1(C)C. The lowest BCUT2D eigenvalue weighted by Crippen LogP contribution is -2.37. The van der Waals surface area contributed by atoms with Crippen LogP contribution in [0.1, 0.15) is 58.3 Å². The number of hydrogen-bond donors (Lipinski definition) is 1. The molecular weight excluding hydrogens is 557 g/mol. The van der Waals surface area contributed by atoms with Gasteiger partial charge in [-0.25, -0.2) is 13.9 Å². The third-order valence-electron chi connectivity index (χ3n) is 7.85. The van der Waals surface area contributed by atoms with Gasteiger partial charge < -0.3 is 9.30 Å². The lowest BCUT2D eigenvalue weighted by Gasteiger charge is -2.38. The molecule has 1 N–H and O–H groups in total. The third kappa shape index (κ3) is 4.48. The molecule has 0 amide bonds. The van der Waals surface area contributed by atoms with Gasteiger partial charge >= 0.3 is 5.97 Å². The average molecular weight is 584 g/mol. The minimum absolute atomic E-state index is 0.00428. The summed E-state index contributed by atoms with van der Waals surface area (Å²) in [5, 5.41) is 3.53. The molecule has 0 aliphatic heterocycles.